The Morgan fingerprint density at radius 2 is 2.30 bits per heavy atom. The molecule has 1 heterocycles. The second-order valence-corrected chi connectivity index (χ2v) is 3.36. The molecule has 0 saturated heterocycles. The smallest absolute Gasteiger partial charge is 0.0981 e. The summed E-state index contributed by atoms with van der Waals surface area (Å²) in [4.78, 5) is 0. The largest absolute Gasteiger partial charge is 0.497 e. The van der Waals surface area contributed by atoms with E-state index in [0.29, 0.717) is 5.92 Å². The molecule has 2 rings (SSSR count). The van der Waals surface area contributed by atoms with Gasteiger partial charge in [-0.15, -0.1) is 0 Å². The molecule has 56 valence electrons. The van der Waals surface area contributed by atoms with E-state index in [0.717, 1.165) is 6.61 Å². The van der Waals surface area contributed by atoms with Gasteiger partial charge in [-0.1, -0.05) is 6.92 Å². The lowest BCUT2D eigenvalue weighted by atomic mass is 9.90. The quantitative estimate of drug-likeness (QED) is 0.499. The van der Waals surface area contributed by atoms with Crippen LogP contribution >= 0.6 is 0 Å². The summed E-state index contributed by atoms with van der Waals surface area (Å²) in [6.07, 6.45) is 5.22. The van der Waals surface area contributed by atoms with Gasteiger partial charge in [0.25, 0.3) is 0 Å². The summed E-state index contributed by atoms with van der Waals surface area (Å²) in [6.45, 7) is 3.23. The molecule has 0 bridgehead atoms. The van der Waals surface area contributed by atoms with Crippen LogP contribution in [0.1, 0.15) is 32.6 Å². The molecule has 0 aromatic rings. The molecule has 2 aliphatic rings. The predicted octanol–water partition coefficient (Wildman–Crippen LogP) is 2.48. The van der Waals surface area contributed by atoms with Gasteiger partial charge in [0.2, 0.25) is 0 Å². The van der Waals surface area contributed by atoms with Crippen molar-refractivity contribution in [3.8, 4) is 0 Å². The minimum Gasteiger partial charge on any atom is -0.497 e. The Hall–Kier alpha value is -0.460. The molecule has 0 unspecified atom stereocenters. The molecule has 0 fully saturated rings. The van der Waals surface area contributed by atoms with Crippen LogP contribution in [0.2, 0.25) is 0 Å². The number of ether oxygens (including phenoxy) is 1. The minimum absolute atomic E-state index is 0.714. The van der Waals surface area contributed by atoms with Crippen LogP contribution in [-0.4, -0.2) is 6.61 Å². The molecule has 10 heavy (non-hydrogen) atoms. The van der Waals surface area contributed by atoms with Crippen molar-refractivity contribution in [2.45, 2.75) is 32.6 Å². The molecule has 0 saturated carbocycles. The van der Waals surface area contributed by atoms with Gasteiger partial charge in [0.05, 0.1) is 12.4 Å². The first-order valence-electron chi connectivity index (χ1n) is 4.22. The molecular formula is C9H14O. The molecule has 1 aliphatic carbocycles. The van der Waals surface area contributed by atoms with Gasteiger partial charge in [-0.3, -0.25) is 0 Å². The third kappa shape index (κ3) is 0.845. The van der Waals surface area contributed by atoms with E-state index in [1.807, 2.05) is 0 Å². The molecule has 1 aliphatic heterocycles. The highest BCUT2D eigenvalue weighted by atomic mass is 16.5. The van der Waals surface area contributed by atoms with E-state index < -0.39 is 0 Å². The summed E-state index contributed by atoms with van der Waals surface area (Å²) >= 11 is 0. The molecule has 0 radical (unpaired) electrons. The Labute approximate surface area is 62.1 Å². The molecule has 1 atom stereocenters. The number of hydrogen-bond donors (Lipinski definition) is 0. The van der Waals surface area contributed by atoms with Crippen molar-refractivity contribution < 1.29 is 4.74 Å². The minimum atomic E-state index is 0.714. The fraction of sp³-hybridized carbons (Fsp3) is 0.778. The topological polar surface area (TPSA) is 9.23 Å². The zero-order valence-electron chi connectivity index (χ0n) is 6.52. The Balaban J connectivity index is 2.22. The molecule has 0 N–H and O–H groups in total. The normalized spacial score (nSPS) is 31.9. The zero-order valence-corrected chi connectivity index (χ0v) is 6.52. The van der Waals surface area contributed by atoms with Crippen molar-refractivity contribution in [1.82, 2.24) is 0 Å². The molecule has 0 spiro atoms. The number of hydrogen-bond acceptors (Lipinski definition) is 1. The summed E-state index contributed by atoms with van der Waals surface area (Å²) in [7, 11) is 0. The summed E-state index contributed by atoms with van der Waals surface area (Å²) in [5.74, 6) is 2.05. The van der Waals surface area contributed by atoms with E-state index in [1.165, 1.54) is 31.4 Å². The SMILES string of the molecule is C[C@@H]1CCCC2=C1OCC2. The summed E-state index contributed by atoms with van der Waals surface area (Å²) < 4.78 is 5.55. The third-order valence-electron chi connectivity index (χ3n) is 2.57. The molecular weight excluding hydrogens is 124 g/mol. The van der Waals surface area contributed by atoms with E-state index in [-0.39, 0.29) is 0 Å². The maximum atomic E-state index is 5.55. The van der Waals surface area contributed by atoms with E-state index in [1.54, 1.807) is 5.57 Å². The van der Waals surface area contributed by atoms with Gasteiger partial charge < -0.3 is 4.74 Å². The van der Waals surface area contributed by atoms with Crippen LogP contribution < -0.4 is 0 Å². The summed E-state index contributed by atoms with van der Waals surface area (Å²) in [6, 6.07) is 0. The van der Waals surface area contributed by atoms with Crippen LogP contribution in [0.15, 0.2) is 11.3 Å². The van der Waals surface area contributed by atoms with Gasteiger partial charge in [-0.25, -0.2) is 0 Å². The van der Waals surface area contributed by atoms with Gasteiger partial charge in [-0.05, 0) is 24.8 Å². The molecule has 0 aromatic heterocycles. The van der Waals surface area contributed by atoms with Crippen LogP contribution in [0.4, 0.5) is 0 Å². The van der Waals surface area contributed by atoms with E-state index in [2.05, 4.69) is 6.92 Å². The maximum Gasteiger partial charge on any atom is 0.0981 e. The van der Waals surface area contributed by atoms with Crippen LogP contribution in [0.3, 0.4) is 0 Å². The van der Waals surface area contributed by atoms with E-state index >= 15 is 0 Å². The standard InChI is InChI=1S/C9H14O/c1-7-3-2-4-8-5-6-10-9(7)8/h7H,2-6H2,1H3/t7-/m1/s1. The third-order valence-corrected chi connectivity index (χ3v) is 2.57. The first kappa shape index (κ1) is 6.26. The van der Waals surface area contributed by atoms with Crippen molar-refractivity contribution in [2.24, 2.45) is 5.92 Å². The Kier molecular flexibility index (Phi) is 1.44. The molecule has 1 nitrogen and oxygen atoms in total. The average Bonchev–Trinajstić information content (AvgIpc) is 2.36. The number of rotatable bonds is 0. The monoisotopic (exact) mass is 138 g/mol. The van der Waals surface area contributed by atoms with E-state index in [4.69, 9.17) is 4.74 Å². The molecule has 0 aromatic carbocycles. The van der Waals surface area contributed by atoms with Gasteiger partial charge in [0.1, 0.15) is 0 Å². The highest BCUT2D eigenvalue weighted by molar-refractivity contribution is 5.17. The molecule has 1 heteroatoms. The van der Waals surface area contributed by atoms with Gasteiger partial charge >= 0.3 is 0 Å². The second-order valence-electron chi connectivity index (χ2n) is 3.36. The first-order chi connectivity index (χ1) is 4.88. The fourth-order valence-corrected chi connectivity index (χ4v) is 2.00. The highest BCUT2D eigenvalue weighted by Gasteiger charge is 2.24. The lowest BCUT2D eigenvalue weighted by Gasteiger charge is -2.19. The first-order valence-corrected chi connectivity index (χ1v) is 4.22. The predicted molar refractivity (Wildman–Crippen MR) is 40.6 cm³/mol. The van der Waals surface area contributed by atoms with Gasteiger partial charge in [0.15, 0.2) is 0 Å². The molecule has 0 amide bonds. The van der Waals surface area contributed by atoms with Crippen LogP contribution in [0.25, 0.3) is 0 Å². The van der Waals surface area contributed by atoms with Crippen molar-refractivity contribution in [1.29, 1.82) is 0 Å². The van der Waals surface area contributed by atoms with Gasteiger partial charge in [0, 0.05) is 12.3 Å². The van der Waals surface area contributed by atoms with Crippen LogP contribution in [0.5, 0.6) is 0 Å². The van der Waals surface area contributed by atoms with Crippen molar-refractivity contribution in [3.05, 3.63) is 11.3 Å². The lowest BCUT2D eigenvalue weighted by Crippen LogP contribution is -2.06. The van der Waals surface area contributed by atoms with Crippen LogP contribution in [-0.2, 0) is 4.74 Å². The van der Waals surface area contributed by atoms with Gasteiger partial charge in [-0.2, -0.15) is 0 Å². The second kappa shape index (κ2) is 2.30. The Morgan fingerprint density at radius 1 is 1.40 bits per heavy atom. The maximum absolute atomic E-state index is 5.55. The highest BCUT2D eigenvalue weighted by Crippen LogP contribution is 2.35. The Bertz CT molecular complexity index is 170. The zero-order chi connectivity index (χ0) is 6.97. The fourth-order valence-electron chi connectivity index (χ4n) is 2.00. The summed E-state index contributed by atoms with van der Waals surface area (Å²) in [5, 5.41) is 0. The Morgan fingerprint density at radius 3 is 3.10 bits per heavy atom. The number of allylic oxidation sites excluding steroid dienone is 1. The van der Waals surface area contributed by atoms with E-state index in [9.17, 15) is 0 Å². The summed E-state index contributed by atoms with van der Waals surface area (Å²) in [5.41, 5.74) is 1.61. The average molecular weight is 138 g/mol. The van der Waals surface area contributed by atoms with Crippen molar-refractivity contribution >= 4 is 0 Å². The van der Waals surface area contributed by atoms with Crippen molar-refractivity contribution in [3.63, 3.8) is 0 Å². The van der Waals surface area contributed by atoms with Crippen LogP contribution in [0, 0.1) is 5.92 Å². The van der Waals surface area contributed by atoms with Crippen molar-refractivity contribution in [2.75, 3.05) is 6.61 Å². The lowest BCUT2D eigenvalue weighted by molar-refractivity contribution is 0.204.